The van der Waals surface area contributed by atoms with E-state index in [0.29, 0.717) is 5.88 Å². The maximum absolute atomic E-state index is 5.72. The highest BCUT2D eigenvalue weighted by atomic mass is 35.5. The van der Waals surface area contributed by atoms with Crippen molar-refractivity contribution in [2.45, 2.75) is 13.3 Å². The van der Waals surface area contributed by atoms with E-state index in [1.165, 1.54) is 5.57 Å². The van der Waals surface area contributed by atoms with Crippen LogP contribution < -0.4 is 0 Å². The number of alkyl halides is 1. The van der Waals surface area contributed by atoms with Crippen molar-refractivity contribution in [2.24, 2.45) is 4.99 Å². The summed E-state index contributed by atoms with van der Waals surface area (Å²) < 4.78 is 0. The molecule has 2 heterocycles. The summed E-state index contributed by atoms with van der Waals surface area (Å²) >= 11 is 7.40. The van der Waals surface area contributed by atoms with Crippen LogP contribution in [0.1, 0.15) is 13.3 Å². The summed E-state index contributed by atoms with van der Waals surface area (Å²) in [6, 6.07) is 0. The second kappa shape index (κ2) is 3.76. The number of amidine groups is 1. The predicted octanol–water partition coefficient (Wildman–Crippen LogP) is 2.78. The summed E-state index contributed by atoms with van der Waals surface area (Å²) in [5.41, 5.74) is 2.49. The number of hydrogen-bond acceptors (Lipinski definition) is 3. The summed E-state index contributed by atoms with van der Waals surface area (Å²) in [5, 5.41) is 3.16. The first kappa shape index (κ1) is 9.16. The summed E-state index contributed by atoms with van der Waals surface area (Å²) in [4.78, 5) is 6.67. The molecule has 0 radical (unpaired) electrons. The number of halogens is 1. The van der Waals surface area contributed by atoms with E-state index in [1.807, 2.05) is 0 Å². The molecule has 4 heteroatoms. The summed E-state index contributed by atoms with van der Waals surface area (Å²) in [7, 11) is 0. The minimum absolute atomic E-state index is 0.683. The Balaban J connectivity index is 2.20. The molecular formula is C9H11ClN2S. The average molecular weight is 215 g/mol. The highest BCUT2D eigenvalue weighted by molar-refractivity contribution is 8.16. The predicted molar refractivity (Wildman–Crippen MR) is 58.9 cm³/mol. The lowest BCUT2D eigenvalue weighted by atomic mass is 10.1. The highest BCUT2D eigenvalue weighted by Crippen LogP contribution is 2.28. The smallest absolute Gasteiger partial charge is 0.172 e. The van der Waals surface area contributed by atoms with E-state index in [2.05, 4.69) is 28.4 Å². The minimum atomic E-state index is 0.683. The Morgan fingerprint density at radius 3 is 3.31 bits per heavy atom. The first-order valence-corrected chi connectivity index (χ1v) is 5.66. The molecule has 0 amide bonds. The van der Waals surface area contributed by atoms with Gasteiger partial charge >= 0.3 is 0 Å². The Kier molecular flexibility index (Phi) is 2.65. The minimum Gasteiger partial charge on any atom is -0.323 e. The van der Waals surface area contributed by atoms with E-state index < -0.39 is 0 Å². The van der Waals surface area contributed by atoms with Crippen LogP contribution in [-0.4, -0.2) is 22.5 Å². The van der Waals surface area contributed by atoms with Crippen molar-refractivity contribution in [2.75, 3.05) is 12.4 Å². The summed E-state index contributed by atoms with van der Waals surface area (Å²) in [5.74, 6) is 0.683. The standard InChI is InChI=1S/C9H11ClN2S/c1-7-8(2-3-10)6-12-4-5-13-9(12)11-7/h4-5H,2-3,6H2,1H3. The monoisotopic (exact) mass is 214 g/mol. The van der Waals surface area contributed by atoms with Gasteiger partial charge in [-0.3, -0.25) is 0 Å². The van der Waals surface area contributed by atoms with Gasteiger partial charge in [-0.1, -0.05) is 11.8 Å². The molecule has 2 aliphatic rings. The average Bonchev–Trinajstić information content (AvgIpc) is 2.52. The number of hydrogen-bond donors (Lipinski definition) is 0. The number of rotatable bonds is 2. The molecule has 0 atom stereocenters. The van der Waals surface area contributed by atoms with Crippen molar-refractivity contribution in [1.82, 2.24) is 4.90 Å². The number of nitrogens with zero attached hydrogens (tertiary/aromatic N) is 2. The molecule has 0 aromatic heterocycles. The van der Waals surface area contributed by atoms with Gasteiger partial charge < -0.3 is 4.90 Å². The zero-order valence-electron chi connectivity index (χ0n) is 7.46. The van der Waals surface area contributed by atoms with Crippen molar-refractivity contribution in [1.29, 1.82) is 0 Å². The topological polar surface area (TPSA) is 15.6 Å². The maximum Gasteiger partial charge on any atom is 0.172 e. The van der Waals surface area contributed by atoms with Crippen molar-refractivity contribution >= 4 is 28.5 Å². The second-order valence-corrected chi connectivity index (χ2v) is 4.30. The first-order valence-electron chi connectivity index (χ1n) is 4.24. The summed E-state index contributed by atoms with van der Waals surface area (Å²) in [6.45, 7) is 3.02. The fourth-order valence-electron chi connectivity index (χ4n) is 1.42. The largest absolute Gasteiger partial charge is 0.323 e. The molecule has 0 N–H and O–H groups in total. The molecule has 0 aromatic carbocycles. The molecule has 0 unspecified atom stereocenters. The fourth-order valence-corrected chi connectivity index (χ4v) is 2.43. The van der Waals surface area contributed by atoms with Crippen LogP contribution in [0.5, 0.6) is 0 Å². The molecule has 2 nitrogen and oxygen atoms in total. The quantitative estimate of drug-likeness (QED) is 0.657. The van der Waals surface area contributed by atoms with Gasteiger partial charge in [-0.2, -0.15) is 0 Å². The highest BCUT2D eigenvalue weighted by Gasteiger charge is 2.20. The Labute approximate surface area is 87.3 Å². The van der Waals surface area contributed by atoms with Crippen LogP contribution in [0.15, 0.2) is 27.9 Å². The normalized spacial score (nSPS) is 20.8. The van der Waals surface area contributed by atoms with E-state index in [4.69, 9.17) is 11.6 Å². The Bertz CT molecular complexity index is 307. The van der Waals surface area contributed by atoms with Gasteiger partial charge in [-0.15, -0.1) is 11.6 Å². The van der Waals surface area contributed by atoms with E-state index in [-0.39, 0.29) is 0 Å². The van der Waals surface area contributed by atoms with Gasteiger partial charge in [-0.05, 0) is 24.3 Å². The number of allylic oxidation sites excluding steroid dienone is 1. The molecule has 13 heavy (non-hydrogen) atoms. The SMILES string of the molecule is CC1=C(CCCl)CN2C=CSC2=N1. The van der Waals surface area contributed by atoms with Crippen molar-refractivity contribution in [3.8, 4) is 0 Å². The van der Waals surface area contributed by atoms with Gasteiger partial charge in [0.05, 0.1) is 0 Å². The van der Waals surface area contributed by atoms with Crippen LogP contribution in [-0.2, 0) is 0 Å². The number of fused-ring (bicyclic) bond motifs is 1. The van der Waals surface area contributed by atoms with E-state index in [1.54, 1.807) is 11.8 Å². The number of aliphatic imine (C=N–C) groups is 1. The van der Waals surface area contributed by atoms with Gasteiger partial charge in [0.2, 0.25) is 0 Å². The molecule has 0 saturated heterocycles. The number of thioether (sulfide) groups is 1. The zero-order chi connectivity index (χ0) is 9.26. The van der Waals surface area contributed by atoms with Crippen LogP contribution >= 0.6 is 23.4 Å². The molecule has 0 aromatic rings. The van der Waals surface area contributed by atoms with Crippen LogP contribution in [0.25, 0.3) is 0 Å². The van der Waals surface area contributed by atoms with E-state index >= 15 is 0 Å². The lowest BCUT2D eigenvalue weighted by molar-refractivity contribution is 0.593. The molecule has 0 aliphatic carbocycles. The van der Waals surface area contributed by atoms with E-state index in [9.17, 15) is 0 Å². The second-order valence-electron chi connectivity index (χ2n) is 3.05. The van der Waals surface area contributed by atoms with Crippen molar-refractivity contribution < 1.29 is 0 Å². The maximum atomic E-state index is 5.72. The van der Waals surface area contributed by atoms with Crippen LogP contribution in [0.3, 0.4) is 0 Å². The van der Waals surface area contributed by atoms with Gasteiger partial charge in [0.25, 0.3) is 0 Å². The van der Waals surface area contributed by atoms with Gasteiger partial charge in [0, 0.05) is 24.3 Å². The molecule has 0 spiro atoms. The molecular weight excluding hydrogens is 204 g/mol. The van der Waals surface area contributed by atoms with Crippen LogP contribution in [0.2, 0.25) is 0 Å². The fraction of sp³-hybridized carbons (Fsp3) is 0.444. The van der Waals surface area contributed by atoms with Gasteiger partial charge in [0.15, 0.2) is 5.17 Å². The van der Waals surface area contributed by atoms with E-state index in [0.717, 1.165) is 23.8 Å². The Morgan fingerprint density at radius 1 is 1.69 bits per heavy atom. The van der Waals surface area contributed by atoms with Crippen molar-refractivity contribution in [3.05, 3.63) is 22.9 Å². The third-order valence-corrected chi connectivity index (χ3v) is 3.18. The van der Waals surface area contributed by atoms with Crippen LogP contribution in [0, 0.1) is 0 Å². The molecule has 0 saturated carbocycles. The van der Waals surface area contributed by atoms with Gasteiger partial charge in [0.1, 0.15) is 0 Å². The molecule has 70 valence electrons. The Hall–Kier alpha value is -0.410. The lowest BCUT2D eigenvalue weighted by Crippen LogP contribution is -2.26. The lowest BCUT2D eigenvalue weighted by Gasteiger charge is -2.23. The third kappa shape index (κ3) is 1.76. The third-order valence-electron chi connectivity index (χ3n) is 2.19. The Morgan fingerprint density at radius 2 is 2.54 bits per heavy atom. The first-order chi connectivity index (χ1) is 6.31. The molecule has 0 bridgehead atoms. The van der Waals surface area contributed by atoms with Crippen molar-refractivity contribution in [3.63, 3.8) is 0 Å². The van der Waals surface area contributed by atoms with Crippen LogP contribution in [0.4, 0.5) is 0 Å². The van der Waals surface area contributed by atoms with Gasteiger partial charge in [-0.25, -0.2) is 4.99 Å². The molecule has 2 rings (SSSR count). The zero-order valence-corrected chi connectivity index (χ0v) is 9.03. The molecule has 2 aliphatic heterocycles. The summed E-state index contributed by atoms with van der Waals surface area (Å²) in [6.07, 6.45) is 3.02. The molecule has 0 fully saturated rings.